The number of thioether (sulfide) groups is 1. The predicted molar refractivity (Wildman–Crippen MR) is 76.2 cm³/mol. The van der Waals surface area contributed by atoms with Crippen LogP contribution in [0.15, 0.2) is 17.4 Å². The van der Waals surface area contributed by atoms with Gasteiger partial charge in [0.1, 0.15) is 16.2 Å². The minimum atomic E-state index is 0.0951. The number of fused-ring (bicyclic) bond motifs is 1. The average Bonchev–Trinajstić information content (AvgIpc) is 2.79. The monoisotopic (exact) mass is 281 g/mol. The van der Waals surface area contributed by atoms with Crippen LogP contribution in [0.25, 0.3) is 10.2 Å². The molecule has 6 heteroatoms. The second-order valence-corrected chi connectivity index (χ2v) is 6.12. The molecule has 96 valence electrons. The summed E-state index contributed by atoms with van der Waals surface area (Å²) in [4.78, 5) is 24.0. The van der Waals surface area contributed by atoms with Gasteiger partial charge in [0, 0.05) is 24.4 Å². The molecule has 0 spiro atoms. The molecule has 2 rings (SSSR count). The van der Waals surface area contributed by atoms with E-state index in [-0.39, 0.29) is 5.91 Å². The Morgan fingerprint density at radius 3 is 2.89 bits per heavy atom. The summed E-state index contributed by atoms with van der Waals surface area (Å²) in [6.45, 7) is 2.13. The fraction of sp³-hybridized carbons (Fsp3) is 0.417. The zero-order valence-corrected chi connectivity index (χ0v) is 12.3. The van der Waals surface area contributed by atoms with E-state index in [9.17, 15) is 4.79 Å². The fourth-order valence-corrected chi connectivity index (χ4v) is 3.38. The van der Waals surface area contributed by atoms with E-state index in [2.05, 4.69) is 23.0 Å². The number of carbonyl (C=O) groups is 1. The number of nitrogens with zero attached hydrogens (tertiary/aromatic N) is 3. The Labute approximate surface area is 114 Å². The second kappa shape index (κ2) is 5.67. The first-order chi connectivity index (χ1) is 8.61. The summed E-state index contributed by atoms with van der Waals surface area (Å²) in [6, 6.07) is 2.13. The van der Waals surface area contributed by atoms with Crippen molar-refractivity contribution in [2.45, 2.75) is 18.4 Å². The van der Waals surface area contributed by atoms with Crippen molar-refractivity contribution in [3.63, 3.8) is 0 Å². The molecule has 0 unspecified atom stereocenters. The van der Waals surface area contributed by atoms with E-state index in [0.717, 1.165) is 21.7 Å². The molecular formula is C12H15N3OS2. The summed E-state index contributed by atoms with van der Waals surface area (Å²) in [5, 5.41) is 1.96. The summed E-state index contributed by atoms with van der Waals surface area (Å²) in [5.41, 5.74) is 0. The largest absolute Gasteiger partial charge is 0.348 e. The number of rotatable bonds is 4. The molecule has 0 aliphatic heterocycles. The lowest BCUT2D eigenvalue weighted by Crippen LogP contribution is -2.23. The number of aryl methyl sites for hydroxylation is 1. The number of amides is 1. The second-order valence-electron chi connectivity index (χ2n) is 4.04. The fourth-order valence-electron chi connectivity index (χ4n) is 1.43. The number of hydrogen-bond donors (Lipinski definition) is 0. The molecule has 0 N–H and O–H groups in total. The van der Waals surface area contributed by atoms with E-state index in [1.165, 1.54) is 16.6 Å². The van der Waals surface area contributed by atoms with Crippen molar-refractivity contribution in [3.8, 4) is 0 Å². The van der Waals surface area contributed by atoms with Gasteiger partial charge in [-0.15, -0.1) is 11.3 Å². The molecule has 0 aromatic carbocycles. The van der Waals surface area contributed by atoms with E-state index in [1.54, 1.807) is 36.7 Å². The molecule has 1 amide bonds. The lowest BCUT2D eigenvalue weighted by Gasteiger charge is -2.09. The molecule has 0 atom stereocenters. The van der Waals surface area contributed by atoms with Crippen LogP contribution in [0.2, 0.25) is 0 Å². The van der Waals surface area contributed by atoms with Crippen molar-refractivity contribution in [3.05, 3.63) is 17.3 Å². The van der Waals surface area contributed by atoms with Gasteiger partial charge in [0.25, 0.3) is 0 Å². The van der Waals surface area contributed by atoms with Gasteiger partial charge < -0.3 is 4.90 Å². The Bertz CT molecular complexity index is 565. The lowest BCUT2D eigenvalue weighted by molar-refractivity contribution is -0.125. The summed E-state index contributed by atoms with van der Waals surface area (Å²) in [7, 11) is 3.52. The molecule has 0 aliphatic carbocycles. The minimum Gasteiger partial charge on any atom is -0.348 e. The van der Waals surface area contributed by atoms with Crippen LogP contribution in [0.4, 0.5) is 0 Å². The average molecular weight is 281 g/mol. The van der Waals surface area contributed by atoms with Crippen molar-refractivity contribution in [1.82, 2.24) is 14.9 Å². The first kappa shape index (κ1) is 13.3. The van der Waals surface area contributed by atoms with Gasteiger partial charge in [-0.1, -0.05) is 18.7 Å². The van der Waals surface area contributed by atoms with Crippen molar-refractivity contribution in [2.75, 3.05) is 19.8 Å². The third kappa shape index (κ3) is 2.81. The number of hydrogen-bond acceptors (Lipinski definition) is 5. The molecule has 0 saturated heterocycles. The summed E-state index contributed by atoms with van der Waals surface area (Å²) >= 11 is 3.17. The molecule has 0 saturated carbocycles. The maximum atomic E-state index is 11.6. The molecular weight excluding hydrogens is 266 g/mol. The highest BCUT2D eigenvalue weighted by atomic mass is 32.2. The SMILES string of the molecule is CCc1cc2c(SCC(=O)N(C)C)ncnc2s1. The van der Waals surface area contributed by atoms with Gasteiger partial charge in [0.05, 0.1) is 5.75 Å². The van der Waals surface area contributed by atoms with Crippen LogP contribution in [0.5, 0.6) is 0 Å². The standard InChI is InChI=1S/C12H15N3OS2/c1-4-8-5-9-11(13-7-14-12(9)18-8)17-6-10(16)15(2)3/h5,7H,4,6H2,1-3H3. The van der Waals surface area contributed by atoms with Gasteiger partial charge in [0.15, 0.2) is 0 Å². The molecule has 18 heavy (non-hydrogen) atoms. The molecule has 0 bridgehead atoms. The van der Waals surface area contributed by atoms with Crippen LogP contribution >= 0.6 is 23.1 Å². The third-order valence-corrected chi connectivity index (χ3v) is 4.70. The Morgan fingerprint density at radius 1 is 1.44 bits per heavy atom. The van der Waals surface area contributed by atoms with E-state index < -0.39 is 0 Å². The Morgan fingerprint density at radius 2 is 2.22 bits per heavy atom. The van der Waals surface area contributed by atoms with Gasteiger partial charge in [-0.25, -0.2) is 9.97 Å². The Balaban J connectivity index is 2.22. The van der Waals surface area contributed by atoms with Gasteiger partial charge in [-0.05, 0) is 12.5 Å². The molecule has 0 radical (unpaired) electrons. The molecule has 2 aromatic rings. The molecule has 2 heterocycles. The van der Waals surface area contributed by atoms with Crippen LogP contribution in [0.1, 0.15) is 11.8 Å². The van der Waals surface area contributed by atoms with Crippen LogP contribution in [0.3, 0.4) is 0 Å². The molecule has 0 aliphatic rings. The van der Waals surface area contributed by atoms with Crippen LogP contribution < -0.4 is 0 Å². The zero-order valence-electron chi connectivity index (χ0n) is 10.6. The Hall–Kier alpha value is -1.14. The molecule has 0 fully saturated rings. The highest BCUT2D eigenvalue weighted by Crippen LogP contribution is 2.30. The van der Waals surface area contributed by atoms with Gasteiger partial charge in [-0.3, -0.25) is 4.79 Å². The van der Waals surface area contributed by atoms with E-state index in [1.807, 2.05) is 0 Å². The topological polar surface area (TPSA) is 46.1 Å². The first-order valence-corrected chi connectivity index (χ1v) is 7.48. The normalized spacial score (nSPS) is 10.8. The van der Waals surface area contributed by atoms with Crippen LogP contribution in [-0.2, 0) is 11.2 Å². The third-order valence-electron chi connectivity index (χ3n) is 2.52. The van der Waals surface area contributed by atoms with Crippen molar-refractivity contribution in [2.24, 2.45) is 0 Å². The molecule has 4 nitrogen and oxygen atoms in total. The summed E-state index contributed by atoms with van der Waals surface area (Å²) in [5.74, 6) is 0.508. The van der Waals surface area contributed by atoms with Crippen LogP contribution in [0, 0.1) is 0 Å². The van der Waals surface area contributed by atoms with Gasteiger partial charge >= 0.3 is 0 Å². The van der Waals surface area contributed by atoms with Crippen molar-refractivity contribution < 1.29 is 4.79 Å². The van der Waals surface area contributed by atoms with Crippen LogP contribution in [-0.4, -0.2) is 40.6 Å². The number of thiophene rings is 1. The zero-order chi connectivity index (χ0) is 13.1. The Kier molecular flexibility index (Phi) is 4.19. The highest BCUT2D eigenvalue weighted by molar-refractivity contribution is 8.00. The predicted octanol–water partition coefficient (Wildman–Crippen LogP) is 2.43. The van der Waals surface area contributed by atoms with E-state index in [0.29, 0.717) is 5.75 Å². The smallest absolute Gasteiger partial charge is 0.232 e. The number of carbonyl (C=O) groups excluding carboxylic acids is 1. The quantitative estimate of drug-likeness (QED) is 0.638. The summed E-state index contributed by atoms with van der Waals surface area (Å²) < 4.78 is 0. The maximum absolute atomic E-state index is 11.6. The summed E-state index contributed by atoms with van der Waals surface area (Å²) in [6.07, 6.45) is 2.57. The van der Waals surface area contributed by atoms with Gasteiger partial charge in [-0.2, -0.15) is 0 Å². The van der Waals surface area contributed by atoms with Gasteiger partial charge in [0.2, 0.25) is 5.91 Å². The van der Waals surface area contributed by atoms with E-state index in [4.69, 9.17) is 0 Å². The number of aromatic nitrogens is 2. The van der Waals surface area contributed by atoms with Crippen molar-refractivity contribution in [1.29, 1.82) is 0 Å². The highest BCUT2D eigenvalue weighted by Gasteiger charge is 2.11. The molecule has 2 aromatic heterocycles. The van der Waals surface area contributed by atoms with E-state index >= 15 is 0 Å². The maximum Gasteiger partial charge on any atom is 0.232 e. The van der Waals surface area contributed by atoms with Crippen molar-refractivity contribution >= 4 is 39.2 Å². The first-order valence-electron chi connectivity index (χ1n) is 5.68. The minimum absolute atomic E-state index is 0.0951. The lowest BCUT2D eigenvalue weighted by atomic mass is 10.3.